The van der Waals surface area contributed by atoms with Gasteiger partial charge in [-0.1, -0.05) is 32.0 Å². The number of hydrogen-bond donors (Lipinski definition) is 1. The fraction of sp³-hybridized carbons (Fsp3) is 0.364. The summed E-state index contributed by atoms with van der Waals surface area (Å²) in [5.74, 6) is -0.0670. The van der Waals surface area contributed by atoms with Gasteiger partial charge in [-0.3, -0.25) is 9.59 Å². The lowest BCUT2D eigenvalue weighted by molar-refractivity contribution is -0.144. The number of anilines is 1. The lowest BCUT2D eigenvalue weighted by Crippen LogP contribution is -2.21. The number of amides is 1. The first-order chi connectivity index (χ1) is 13.0. The molecule has 1 amide bonds. The molecule has 1 aliphatic rings. The quantitative estimate of drug-likeness (QED) is 0.562. The fourth-order valence-electron chi connectivity index (χ4n) is 3.12. The molecule has 1 N–H and O–H groups in total. The molecular weight excluding hydrogens is 358 g/mol. The predicted molar refractivity (Wildman–Crippen MR) is 109 cm³/mol. The van der Waals surface area contributed by atoms with Crippen LogP contribution in [0.3, 0.4) is 0 Å². The number of rotatable bonds is 7. The Hall–Kier alpha value is -2.27. The SMILES string of the molecule is CC(C)c1ccc(NC(=O)COC(=O)CSc2ccc3c(c2)CCC3)cc1. The molecular formula is C22H25NO3S. The van der Waals surface area contributed by atoms with Gasteiger partial charge in [-0.2, -0.15) is 0 Å². The van der Waals surface area contributed by atoms with E-state index in [2.05, 4.69) is 37.4 Å². The van der Waals surface area contributed by atoms with Crippen molar-refractivity contribution in [2.45, 2.75) is 43.9 Å². The average molecular weight is 384 g/mol. The standard InChI is InChI=1S/C22H25NO3S/c1-15(2)16-6-9-19(10-7-16)23-21(24)13-26-22(25)14-27-20-11-8-17-4-3-5-18(17)12-20/h6-12,15H,3-5,13-14H2,1-2H3,(H,23,24). The Kier molecular flexibility index (Phi) is 6.56. The van der Waals surface area contributed by atoms with E-state index in [-0.39, 0.29) is 24.2 Å². The van der Waals surface area contributed by atoms with Crippen LogP contribution in [0.1, 0.15) is 42.9 Å². The van der Waals surface area contributed by atoms with E-state index in [1.165, 1.54) is 34.9 Å². The van der Waals surface area contributed by atoms with Crippen molar-refractivity contribution in [3.63, 3.8) is 0 Å². The summed E-state index contributed by atoms with van der Waals surface area (Å²) in [5.41, 5.74) is 4.72. The van der Waals surface area contributed by atoms with Gasteiger partial charge in [0.05, 0.1) is 5.75 Å². The highest BCUT2D eigenvalue weighted by Gasteiger charge is 2.13. The second-order valence-corrected chi connectivity index (χ2v) is 8.11. The molecule has 0 heterocycles. The highest BCUT2D eigenvalue weighted by Crippen LogP contribution is 2.27. The first kappa shape index (κ1) is 19.5. The fourth-order valence-corrected chi connectivity index (χ4v) is 3.87. The summed E-state index contributed by atoms with van der Waals surface area (Å²) < 4.78 is 5.08. The number of hydrogen-bond acceptors (Lipinski definition) is 4. The van der Waals surface area contributed by atoms with Crippen LogP contribution in [0.2, 0.25) is 0 Å². The largest absolute Gasteiger partial charge is 0.455 e. The summed E-state index contributed by atoms with van der Waals surface area (Å²) in [6, 6.07) is 14.0. The Balaban J connectivity index is 1.40. The van der Waals surface area contributed by atoms with Crippen molar-refractivity contribution in [3.8, 4) is 0 Å². The number of aryl methyl sites for hydroxylation is 2. The highest BCUT2D eigenvalue weighted by atomic mass is 32.2. The third-order valence-corrected chi connectivity index (χ3v) is 5.62. The van der Waals surface area contributed by atoms with Crippen LogP contribution in [0.4, 0.5) is 5.69 Å². The van der Waals surface area contributed by atoms with E-state index in [1.54, 1.807) is 0 Å². The molecule has 3 rings (SSSR count). The first-order valence-corrected chi connectivity index (χ1v) is 10.3. The minimum absolute atomic E-state index is 0.204. The Morgan fingerprint density at radius 2 is 1.81 bits per heavy atom. The zero-order valence-electron chi connectivity index (χ0n) is 15.8. The molecule has 0 aromatic heterocycles. The Bertz CT molecular complexity index is 815. The molecule has 1 aliphatic carbocycles. The van der Waals surface area contributed by atoms with E-state index in [9.17, 15) is 9.59 Å². The van der Waals surface area contributed by atoms with Gasteiger partial charge in [0.25, 0.3) is 5.91 Å². The first-order valence-electron chi connectivity index (χ1n) is 9.31. The van der Waals surface area contributed by atoms with Crippen molar-refractivity contribution in [1.29, 1.82) is 0 Å². The van der Waals surface area contributed by atoms with Gasteiger partial charge in [-0.05, 0) is 66.1 Å². The smallest absolute Gasteiger partial charge is 0.316 e. The van der Waals surface area contributed by atoms with Crippen molar-refractivity contribution in [1.82, 2.24) is 0 Å². The third kappa shape index (κ3) is 5.60. The van der Waals surface area contributed by atoms with Gasteiger partial charge in [-0.15, -0.1) is 11.8 Å². The van der Waals surface area contributed by atoms with Crippen molar-refractivity contribution in [3.05, 3.63) is 59.2 Å². The molecule has 0 bridgehead atoms. The van der Waals surface area contributed by atoms with Gasteiger partial charge in [-0.25, -0.2) is 0 Å². The molecule has 0 aliphatic heterocycles. The number of carbonyl (C=O) groups excluding carboxylic acids is 2. The van der Waals surface area contributed by atoms with Gasteiger partial charge in [0.2, 0.25) is 0 Å². The summed E-state index contributed by atoms with van der Waals surface area (Å²) in [5, 5.41) is 2.74. The molecule has 0 atom stereocenters. The van der Waals surface area contributed by atoms with Crippen molar-refractivity contribution >= 4 is 29.3 Å². The maximum Gasteiger partial charge on any atom is 0.316 e. The Morgan fingerprint density at radius 1 is 1.07 bits per heavy atom. The molecule has 0 fully saturated rings. The lowest BCUT2D eigenvalue weighted by atomic mass is 10.0. The maximum atomic E-state index is 11.9. The zero-order valence-corrected chi connectivity index (χ0v) is 16.6. The summed E-state index contributed by atoms with van der Waals surface area (Å²) in [6.45, 7) is 3.97. The molecule has 0 unspecified atom stereocenters. The molecule has 0 saturated carbocycles. The molecule has 2 aromatic rings. The number of carbonyl (C=O) groups is 2. The topological polar surface area (TPSA) is 55.4 Å². The summed E-state index contributed by atoms with van der Waals surface area (Å²) in [6.07, 6.45) is 3.48. The number of nitrogens with one attached hydrogen (secondary N) is 1. The van der Waals surface area contributed by atoms with E-state index >= 15 is 0 Å². The van der Waals surface area contributed by atoms with Crippen molar-refractivity contribution in [2.75, 3.05) is 17.7 Å². The molecule has 0 saturated heterocycles. The normalized spacial score (nSPS) is 12.7. The summed E-state index contributed by atoms with van der Waals surface area (Å²) >= 11 is 1.45. The van der Waals surface area contributed by atoms with E-state index in [4.69, 9.17) is 4.74 Å². The number of esters is 1. The minimum Gasteiger partial charge on any atom is -0.455 e. The van der Waals surface area contributed by atoms with Crippen molar-refractivity contribution < 1.29 is 14.3 Å². The van der Waals surface area contributed by atoms with Crippen LogP contribution in [0.5, 0.6) is 0 Å². The molecule has 142 valence electrons. The third-order valence-electron chi connectivity index (χ3n) is 4.65. The van der Waals surface area contributed by atoms with Crippen LogP contribution in [-0.2, 0) is 27.2 Å². The van der Waals surface area contributed by atoms with Crippen LogP contribution in [0.25, 0.3) is 0 Å². The van der Waals surface area contributed by atoms with Crippen molar-refractivity contribution in [2.24, 2.45) is 0 Å². The second-order valence-electron chi connectivity index (χ2n) is 7.06. The lowest BCUT2D eigenvalue weighted by Gasteiger charge is -2.09. The van der Waals surface area contributed by atoms with Gasteiger partial charge in [0, 0.05) is 10.6 Å². The Labute approximate surface area is 164 Å². The number of ether oxygens (including phenoxy) is 1. The van der Waals surface area contributed by atoms with Crippen LogP contribution in [0, 0.1) is 0 Å². The van der Waals surface area contributed by atoms with Gasteiger partial charge in [0.15, 0.2) is 6.61 Å². The van der Waals surface area contributed by atoms with Gasteiger partial charge >= 0.3 is 5.97 Å². The number of fused-ring (bicyclic) bond motifs is 1. The van der Waals surface area contributed by atoms with E-state index in [1.807, 2.05) is 24.3 Å². The molecule has 0 spiro atoms. The summed E-state index contributed by atoms with van der Waals surface area (Å²) in [7, 11) is 0. The van der Waals surface area contributed by atoms with Gasteiger partial charge < -0.3 is 10.1 Å². The maximum absolute atomic E-state index is 11.9. The van der Waals surface area contributed by atoms with Gasteiger partial charge in [0.1, 0.15) is 0 Å². The molecule has 27 heavy (non-hydrogen) atoms. The predicted octanol–water partition coefficient (Wildman–Crippen LogP) is 4.57. The number of benzene rings is 2. The number of thioether (sulfide) groups is 1. The van der Waals surface area contributed by atoms with E-state index in [0.29, 0.717) is 11.6 Å². The summed E-state index contributed by atoms with van der Waals surface area (Å²) in [4.78, 5) is 24.9. The molecule has 2 aromatic carbocycles. The highest BCUT2D eigenvalue weighted by molar-refractivity contribution is 8.00. The van der Waals surface area contributed by atoms with Crippen LogP contribution >= 0.6 is 11.8 Å². The monoisotopic (exact) mass is 383 g/mol. The van der Waals surface area contributed by atoms with Crippen LogP contribution < -0.4 is 5.32 Å². The minimum atomic E-state index is -0.384. The second kappa shape index (κ2) is 9.09. The molecule has 4 nitrogen and oxygen atoms in total. The Morgan fingerprint density at radius 3 is 2.56 bits per heavy atom. The van der Waals surface area contributed by atoms with E-state index < -0.39 is 0 Å². The van der Waals surface area contributed by atoms with Crippen LogP contribution in [-0.4, -0.2) is 24.2 Å². The van der Waals surface area contributed by atoms with E-state index in [0.717, 1.165) is 17.7 Å². The molecule has 0 radical (unpaired) electrons. The van der Waals surface area contributed by atoms with Crippen LogP contribution in [0.15, 0.2) is 47.4 Å². The average Bonchev–Trinajstić information content (AvgIpc) is 3.13. The zero-order chi connectivity index (χ0) is 19.2. The molecule has 5 heteroatoms.